The molecule has 8 heteroatoms. The van der Waals surface area contributed by atoms with Gasteiger partial charge in [0.2, 0.25) is 10.0 Å². The molecule has 0 unspecified atom stereocenters. The number of hydrogen-bond acceptors (Lipinski definition) is 5. The molecule has 29 heavy (non-hydrogen) atoms. The maximum absolute atomic E-state index is 13.3. The highest BCUT2D eigenvalue weighted by Gasteiger charge is 2.25. The molecule has 0 fully saturated rings. The van der Waals surface area contributed by atoms with Gasteiger partial charge in [-0.2, -0.15) is 4.31 Å². The van der Waals surface area contributed by atoms with Gasteiger partial charge < -0.3 is 0 Å². The van der Waals surface area contributed by atoms with Gasteiger partial charge in [0.25, 0.3) is 0 Å². The molecule has 0 atom stereocenters. The molecule has 1 heterocycles. The van der Waals surface area contributed by atoms with Crippen LogP contribution in [0, 0.1) is 6.92 Å². The molecule has 0 radical (unpaired) electrons. The van der Waals surface area contributed by atoms with E-state index in [0.29, 0.717) is 13.0 Å². The van der Waals surface area contributed by atoms with Gasteiger partial charge in [-0.25, -0.2) is 16.8 Å². The van der Waals surface area contributed by atoms with Crippen molar-refractivity contribution >= 4 is 31.2 Å². The summed E-state index contributed by atoms with van der Waals surface area (Å²) in [5.74, 6) is 0. The summed E-state index contributed by atoms with van der Waals surface area (Å²) in [6.07, 6.45) is 1.69. The minimum Gasteiger partial charge on any atom is -0.224 e. The molecule has 3 rings (SSSR count). The Balaban J connectivity index is 1.90. The maximum Gasteiger partial charge on any atom is 0.243 e. The molecule has 0 bridgehead atoms. The molecule has 0 aliphatic rings. The smallest absolute Gasteiger partial charge is 0.224 e. The number of benzene rings is 2. The number of hydrogen-bond donors (Lipinski definition) is 0. The van der Waals surface area contributed by atoms with Crippen LogP contribution in [-0.4, -0.2) is 33.9 Å². The third kappa shape index (κ3) is 5.54. The second-order valence-electron chi connectivity index (χ2n) is 6.83. The van der Waals surface area contributed by atoms with Crippen LogP contribution in [0.25, 0.3) is 0 Å². The van der Waals surface area contributed by atoms with E-state index in [4.69, 9.17) is 0 Å². The van der Waals surface area contributed by atoms with E-state index in [9.17, 15) is 16.8 Å². The molecule has 0 saturated carbocycles. The number of sulfone groups is 1. The maximum atomic E-state index is 13.3. The topological polar surface area (TPSA) is 71.5 Å². The van der Waals surface area contributed by atoms with Crippen LogP contribution in [-0.2, 0) is 32.8 Å². The van der Waals surface area contributed by atoms with E-state index in [1.165, 1.54) is 28.6 Å². The SMILES string of the molecule is Cc1ccc(CN(CCc2ccccc2)S(=O)(=O)c2ccc(S(C)(=O)=O)cc2)s1. The molecule has 0 aliphatic carbocycles. The van der Waals surface area contributed by atoms with Crippen molar-refractivity contribution in [3.63, 3.8) is 0 Å². The van der Waals surface area contributed by atoms with Crippen LogP contribution in [0.15, 0.2) is 76.5 Å². The second kappa shape index (κ2) is 8.79. The van der Waals surface area contributed by atoms with Crippen LogP contribution in [0.5, 0.6) is 0 Å². The molecule has 0 N–H and O–H groups in total. The van der Waals surface area contributed by atoms with E-state index in [1.807, 2.05) is 49.4 Å². The van der Waals surface area contributed by atoms with E-state index >= 15 is 0 Å². The number of thiophene rings is 1. The first-order valence-electron chi connectivity index (χ1n) is 9.06. The number of nitrogens with zero attached hydrogens (tertiary/aromatic N) is 1. The van der Waals surface area contributed by atoms with E-state index in [2.05, 4.69) is 0 Å². The first-order valence-corrected chi connectivity index (χ1v) is 13.2. The zero-order valence-corrected chi connectivity index (χ0v) is 18.7. The summed E-state index contributed by atoms with van der Waals surface area (Å²) in [7, 11) is -7.16. The molecule has 0 spiro atoms. The minimum atomic E-state index is -3.78. The molecule has 2 aromatic carbocycles. The van der Waals surface area contributed by atoms with Crippen molar-refractivity contribution in [1.29, 1.82) is 0 Å². The number of sulfonamides is 1. The summed E-state index contributed by atoms with van der Waals surface area (Å²) in [5, 5.41) is 0. The van der Waals surface area contributed by atoms with E-state index < -0.39 is 19.9 Å². The van der Waals surface area contributed by atoms with Gasteiger partial charge in [0.05, 0.1) is 9.79 Å². The third-order valence-electron chi connectivity index (χ3n) is 4.51. The average Bonchev–Trinajstić information content (AvgIpc) is 3.10. The van der Waals surface area contributed by atoms with Gasteiger partial charge in [0.15, 0.2) is 9.84 Å². The molecule has 0 saturated heterocycles. The van der Waals surface area contributed by atoms with E-state index in [-0.39, 0.29) is 16.3 Å². The highest BCUT2D eigenvalue weighted by molar-refractivity contribution is 7.90. The van der Waals surface area contributed by atoms with Gasteiger partial charge in [-0.1, -0.05) is 30.3 Å². The minimum absolute atomic E-state index is 0.0891. The molecule has 0 amide bonds. The normalized spacial score (nSPS) is 12.4. The van der Waals surface area contributed by atoms with Gasteiger partial charge in [-0.05, 0) is 55.3 Å². The fraction of sp³-hybridized carbons (Fsp3) is 0.238. The fourth-order valence-electron chi connectivity index (χ4n) is 2.93. The Morgan fingerprint density at radius 2 is 1.45 bits per heavy atom. The Kier molecular flexibility index (Phi) is 6.58. The van der Waals surface area contributed by atoms with Crippen molar-refractivity contribution < 1.29 is 16.8 Å². The fourth-order valence-corrected chi connectivity index (χ4v) is 5.97. The van der Waals surface area contributed by atoms with Crippen LogP contribution in [0.3, 0.4) is 0 Å². The lowest BCUT2D eigenvalue weighted by Gasteiger charge is -2.22. The zero-order valence-electron chi connectivity index (χ0n) is 16.3. The summed E-state index contributed by atoms with van der Waals surface area (Å²) in [6.45, 7) is 2.60. The standard InChI is InChI=1S/C21H23NO4S3/c1-17-8-9-19(27-17)16-22(15-14-18-6-4-3-5-7-18)29(25,26)21-12-10-20(11-13-21)28(2,23)24/h3-13H,14-16H2,1-2H3. The van der Waals surface area contributed by atoms with Crippen molar-refractivity contribution in [1.82, 2.24) is 4.31 Å². The van der Waals surface area contributed by atoms with Gasteiger partial charge in [0, 0.05) is 29.1 Å². The summed E-state index contributed by atoms with van der Waals surface area (Å²) in [4.78, 5) is 2.28. The lowest BCUT2D eigenvalue weighted by Crippen LogP contribution is -2.32. The van der Waals surface area contributed by atoms with E-state index in [0.717, 1.165) is 21.6 Å². The molecule has 1 aromatic heterocycles. The Morgan fingerprint density at radius 3 is 2.00 bits per heavy atom. The molecule has 154 valence electrons. The highest BCUT2D eigenvalue weighted by atomic mass is 32.2. The summed E-state index contributed by atoms with van der Waals surface area (Å²) in [6, 6.07) is 19.1. The summed E-state index contributed by atoms with van der Waals surface area (Å²) in [5.41, 5.74) is 1.06. The van der Waals surface area contributed by atoms with Crippen molar-refractivity contribution in [2.24, 2.45) is 0 Å². The molecular formula is C21H23NO4S3. The van der Waals surface area contributed by atoms with Crippen molar-refractivity contribution in [3.8, 4) is 0 Å². The van der Waals surface area contributed by atoms with Gasteiger partial charge in [-0.15, -0.1) is 11.3 Å². The predicted molar refractivity (Wildman–Crippen MR) is 116 cm³/mol. The van der Waals surface area contributed by atoms with Crippen LogP contribution in [0.2, 0.25) is 0 Å². The summed E-state index contributed by atoms with van der Waals surface area (Å²) < 4.78 is 51.4. The monoisotopic (exact) mass is 449 g/mol. The number of rotatable bonds is 8. The molecule has 0 aliphatic heterocycles. The third-order valence-corrected chi connectivity index (χ3v) is 8.48. The summed E-state index contributed by atoms with van der Waals surface area (Å²) >= 11 is 1.57. The molecule has 5 nitrogen and oxygen atoms in total. The van der Waals surface area contributed by atoms with Crippen molar-refractivity contribution in [3.05, 3.63) is 82.0 Å². The largest absolute Gasteiger partial charge is 0.243 e. The first kappa shape index (κ1) is 21.7. The zero-order chi connectivity index (χ0) is 21.1. The van der Waals surface area contributed by atoms with E-state index in [1.54, 1.807) is 11.3 Å². The quantitative estimate of drug-likeness (QED) is 0.523. The predicted octanol–water partition coefficient (Wildman–Crippen LogP) is 3.89. The van der Waals surface area contributed by atoms with Gasteiger partial charge in [-0.3, -0.25) is 0 Å². The van der Waals surface area contributed by atoms with Crippen molar-refractivity contribution in [2.75, 3.05) is 12.8 Å². The Bertz CT molecular complexity index is 1170. The lowest BCUT2D eigenvalue weighted by atomic mass is 10.1. The van der Waals surface area contributed by atoms with Crippen LogP contribution in [0.4, 0.5) is 0 Å². The Hall–Kier alpha value is -2.00. The molecule has 3 aromatic rings. The highest BCUT2D eigenvalue weighted by Crippen LogP contribution is 2.24. The van der Waals surface area contributed by atoms with Crippen LogP contribution in [0.1, 0.15) is 15.3 Å². The lowest BCUT2D eigenvalue weighted by molar-refractivity contribution is 0.412. The molecular weight excluding hydrogens is 426 g/mol. The van der Waals surface area contributed by atoms with Gasteiger partial charge >= 0.3 is 0 Å². The van der Waals surface area contributed by atoms with Crippen LogP contribution < -0.4 is 0 Å². The second-order valence-corrected chi connectivity index (χ2v) is 12.2. The Labute approximate surface area is 176 Å². The van der Waals surface area contributed by atoms with Gasteiger partial charge in [0.1, 0.15) is 0 Å². The average molecular weight is 450 g/mol. The number of aryl methyl sites for hydroxylation is 1. The Morgan fingerprint density at radius 1 is 0.828 bits per heavy atom. The first-order chi connectivity index (χ1) is 13.7. The van der Waals surface area contributed by atoms with Crippen LogP contribution >= 0.6 is 11.3 Å². The van der Waals surface area contributed by atoms with Crippen molar-refractivity contribution in [2.45, 2.75) is 29.7 Å².